The van der Waals surface area contributed by atoms with E-state index in [1.54, 1.807) is 11.3 Å². The first-order valence-electron chi connectivity index (χ1n) is 7.23. The van der Waals surface area contributed by atoms with Crippen molar-refractivity contribution in [3.63, 3.8) is 0 Å². The summed E-state index contributed by atoms with van der Waals surface area (Å²) in [6.45, 7) is 8.97. The summed E-state index contributed by atoms with van der Waals surface area (Å²) < 4.78 is 1.93. The first-order valence-corrected chi connectivity index (χ1v) is 8.05. The predicted molar refractivity (Wildman–Crippen MR) is 83.6 cm³/mol. The highest BCUT2D eigenvalue weighted by atomic mass is 32.1. The minimum Gasteiger partial charge on any atom is -0.308 e. The predicted octanol–water partition coefficient (Wildman–Crippen LogP) is 2.91. The van der Waals surface area contributed by atoms with E-state index in [1.807, 2.05) is 11.5 Å². The van der Waals surface area contributed by atoms with Crippen LogP contribution in [0.5, 0.6) is 0 Å². The van der Waals surface area contributed by atoms with Gasteiger partial charge >= 0.3 is 0 Å². The minimum absolute atomic E-state index is 0.153. The number of aromatic nitrogens is 2. The lowest BCUT2D eigenvalue weighted by Gasteiger charge is -2.14. The summed E-state index contributed by atoms with van der Waals surface area (Å²) in [5.41, 5.74) is 1.25. The zero-order chi connectivity index (χ0) is 14.4. The van der Waals surface area contributed by atoms with Crippen LogP contribution in [0.3, 0.4) is 0 Å². The number of rotatable bonds is 4. The maximum atomic E-state index is 12.8. The molecule has 0 aliphatic heterocycles. The van der Waals surface area contributed by atoms with Gasteiger partial charge in [-0.15, -0.1) is 11.3 Å². The number of thiophene rings is 1. The van der Waals surface area contributed by atoms with Crippen molar-refractivity contribution < 1.29 is 0 Å². The first-order chi connectivity index (χ1) is 9.49. The van der Waals surface area contributed by atoms with Crippen molar-refractivity contribution in [3.05, 3.63) is 26.6 Å². The van der Waals surface area contributed by atoms with Crippen LogP contribution in [0.15, 0.2) is 4.79 Å². The zero-order valence-electron chi connectivity index (χ0n) is 12.5. The van der Waals surface area contributed by atoms with Crippen LogP contribution in [0.1, 0.15) is 49.0 Å². The largest absolute Gasteiger partial charge is 0.308 e. The third-order valence-electron chi connectivity index (χ3n) is 3.89. The molecule has 1 fully saturated rings. The molecule has 0 bridgehead atoms. The van der Waals surface area contributed by atoms with Crippen LogP contribution >= 0.6 is 11.3 Å². The quantitative estimate of drug-likeness (QED) is 0.942. The van der Waals surface area contributed by atoms with Gasteiger partial charge in [-0.25, -0.2) is 4.98 Å². The van der Waals surface area contributed by atoms with Crippen LogP contribution in [0.4, 0.5) is 0 Å². The highest BCUT2D eigenvalue weighted by Crippen LogP contribution is 2.36. The molecule has 0 unspecified atom stereocenters. The number of nitrogens with one attached hydrogen (secondary N) is 1. The van der Waals surface area contributed by atoms with Crippen molar-refractivity contribution in [2.75, 3.05) is 0 Å². The molecule has 3 rings (SSSR count). The van der Waals surface area contributed by atoms with Crippen LogP contribution in [0, 0.1) is 13.8 Å². The molecule has 2 aromatic heterocycles. The number of hydrogen-bond donors (Lipinski definition) is 1. The van der Waals surface area contributed by atoms with Crippen molar-refractivity contribution in [1.29, 1.82) is 0 Å². The SMILES string of the molecule is Cc1sc2nc(CNC(C)C)n(C3CC3)c(=O)c2c1C. The van der Waals surface area contributed by atoms with E-state index in [0.29, 0.717) is 18.6 Å². The Morgan fingerprint density at radius 3 is 2.70 bits per heavy atom. The monoisotopic (exact) mass is 291 g/mol. The summed E-state index contributed by atoms with van der Waals surface area (Å²) in [6.07, 6.45) is 2.20. The molecule has 1 N–H and O–H groups in total. The Hall–Kier alpha value is -1.20. The Labute approximate surface area is 122 Å². The van der Waals surface area contributed by atoms with E-state index in [-0.39, 0.29) is 5.56 Å². The second-order valence-corrected chi connectivity index (χ2v) is 7.14. The van der Waals surface area contributed by atoms with E-state index in [9.17, 15) is 4.79 Å². The molecule has 0 saturated heterocycles. The number of nitrogens with zero attached hydrogens (tertiary/aromatic N) is 2. The minimum atomic E-state index is 0.153. The molecular weight excluding hydrogens is 270 g/mol. The number of aryl methyl sites for hydroxylation is 2. The van der Waals surface area contributed by atoms with Gasteiger partial charge in [0.25, 0.3) is 5.56 Å². The van der Waals surface area contributed by atoms with Crippen molar-refractivity contribution >= 4 is 21.6 Å². The normalized spacial score (nSPS) is 15.4. The van der Waals surface area contributed by atoms with E-state index >= 15 is 0 Å². The van der Waals surface area contributed by atoms with Crippen molar-refractivity contribution in [2.45, 2.75) is 59.2 Å². The molecule has 1 aliphatic carbocycles. The first kappa shape index (κ1) is 13.8. The Kier molecular flexibility index (Phi) is 3.42. The van der Waals surface area contributed by atoms with Crippen molar-refractivity contribution in [1.82, 2.24) is 14.9 Å². The molecule has 108 valence electrons. The summed E-state index contributed by atoms with van der Waals surface area (Å²) in [5, 5.41) is 4.21. The fourth-order valence-electron chi connectivity index (χ4n) is 2.48. The van der Waals surface area contributed by atoms with Crippen molar-refractivity contribution in [3.8, 4) is 0 Å². The summed E-state index contributed by atoms with van der Waals surface area (Å²) in [6, 6.07) is 0.755. The maximum absolute atomic E-state index is 12.8. The Morgan fingerprint density at radius 2 is 2.10 bits per heavy atom. The molecule has 5 heteroatoms. The summed E-state index contributed by atoms with van der Waals surface area (Å²) in [7, 11) is 0. The molecule has 0 aromatic carbocycles. The molecule has 1 aliphatic rings. The van der Waals surface area contributed by atoms with Gasteiger partial charge in [0.2, 0.25) is 0 Å². The molecule has 1 saturated carbocycles. The lowest BCUT2D eigenvalue weighted by molar-refractivity contribution is 0.536. The van der Waals surface area contributed by atoms with E-state index in [1.165, 1.54) is 4.88 Å². The van der Waals surface area contributed by atoms with Gasteiger partial charge in [-0.1, -0.05) is 13.8 Å². The molecule has 2 aromatic rings. The molecule has 0 radical (unpaired) electrons. The van der Waals surface area contributed by atoms with E-state index in [0.717, 1.165) is 34.4 Å². The molecule has 0 spiro atoms. The number of hydrogen-bond acceptors (Lipinski definition) is 4. The zero-order valence-corrected chi connectivity index (χ0v) is 13.3. The third-order valence-corrected chi connectivity index (χ3v) is 4.99. The number of fused-ring (bicyclic) bond motifs is 1. The lowest BCUT2D eigenvalue weighted by atomic mass is 10.2. The second-order valence-electron chi connectivity index (χ2n) is 5.93. The van der Waals surface area contributed by atoms with Crippen LogP contribution in [-0.2, 0) is 6.54 Å². The van der Waals surface area contributed by atoms with E-state index in [2.05, 4.69) is 26.1 Å². The van der Waals surface area contributed by atoms with Crippen molar-refractivity contribution in [2.24, 2.45) is 0 Å². The van der Waals surface area contributed by atoms with Gasteiger partial charge in [-0.3, -0.25) is 9.36 Å². The van der Waals surface area contributed by atoms with Gasteiger partial charge in [0.05, 0.1) is 11.9 Å². The average molecular weight is 291 g/mol. The van der Waals surface area contributed by atoms with Crippen LogP contribution < -0.4 is 10.9 Å². The molecule has 2 heterocycles. The Morgan fingerprint density at radius 1 is 1.40 bits per heavy atom. The second kappa shape index (κ2) is 4.97. The molecule has 0 atom stereocenters. The van der Waals surface area contributed by atoms with Gasteiger partial charge < -0.3 is 5.32 Å². The fraction of sp³-hybridized carbons (Fsp3) is 0.600. The average Bonchev–Trinajstić information content (AvgIpc) is 3.15. The topological polar surface area (TPSA) is 46.9 Å². The summed E-state index contributed by atoms with van der Waals surface area (Å²) in [5.74, 6) is 0.889. The fourth-order valence-corrected chi connectivity index (χ4v) is 3.52. The van der Waals surface area contributed by atoms with Crippen LogP contribution in [0.2, 0.25) is 0 Å². The molecule has 4 nitrogen and oxygen atoms in total. The maximum Gasteiger partial charge on any atom is 0.262 e. The van der Waals surface area contributed by atoms with Gasteiger partial charge in [0.15, 0.2) is 0 Å². The summed E-state index contributed by atoms with van der Waals surface area (Å²) >= 11 is 1.63. The van der Waals surface area contributed by atoms with Crippen LogP contribution in [-0.4, -0.2) is 15.6 Å². The highest BCUT2D eigenvalue weighted by Gasteiger charge is 2.29. The van der Waals surface area contributed by atoms with Crippen LogP contribution in [0.25, 0.3) is 10.2 Å². The Bertz CT molecular complexity index is 710. The summed E-state index contributed by atoms with van der Waals surface area (Å²) in [4.78, 5) is 19.7. The lowest BCUT2D eigenvalue weighted by Crippen LogP contribution is -2.30. The molecule has 20 heavy (non-hydrogen) atoms. The van der Waals surface area contributed by atoms with Gasteiger partial charge in [0, 0.05) is 17.0 Å². The van der Waals surface area contributed by atoms with Gasteiger partial charge in [-0.2, -0.15) is 0 Å². The van der Waals surface area contributed by atoms with E-state index < -0.39 is 0 Å². The molecule has 0 amide bonds. The van der Waals surface area contributed by atoms with Gasteiger partial charge in [0.1, 0.15) is 10.7 Å². The Balaban J connectivity index is 2.17. The van der Waals surface area contributed by atoms with Gasteiger partial charge in [-0.05, 0) is 32.3 Å². The standard InChI is InChI=1S/C15H21N3OS/c1-8(2)16-7-12-17-14-13(9(3)10(4)20-14)15(19)18(12)11-5-6-11/h8,11,16H,5-7H2,1-4H3. The smallest absolute Gasteiger partial charge is 0.262 e. The highest BCUT2D eigenvalue weighted by molar-refractivity contribution is 7.18. The molecular formula is C15H21N3OS. The van der Waals surface area contributed by atoms with E-state index in [4.69, 9.17) is 4.98 Å². The third kappa shape index (κ3) is 2.29.